The number of hydrogen-bond donors (Lipinski definition) is 0. The minimum atomic E-state index is -3.84. The van der Waals surface area contributed by atoms with E-state index in [2.05, 4.69) is 20.8 Å². The van der Waals surface area contributed by atoms with Gasteiger partial charge in [0.05, 0.1) is 12.3 Å². The summed E-state index contributed by atoms with van der Waals surface area (Å²) in [6.45, 7) is 8.07. The van der Waals surface area contributed by atoms with Crippen molar-refractivity contribution in [1.82, 2.24) is 0 Å². The van der Waals surface area contributed by atoms with Crippen molar-refractivity contribution in [2.45, 2.75) is 53.1 Å². The van der Waals surface area contributed by atoms with Crippen molar-refractivity contribution >= 4 is 7.68 Å². The summed E-state index contributed by atoms with van der Waals surface area (Å²) in [5.41, 5.74) is 0. The predicted octanol–water partition coefficient (Wildman–Crippen LogP) is 4.65. The molecule has 0 saturated heterocycles. The van der Waals surface area contributed by atoms with Gasteiger partial charge < -0.3 is 4.52 Å². The summed E-state index contributed by atoms with van der Waals surface area (Å²) in [5, 5.41) is 0. The predicted molar refractivity (Wildman–Crippen MR) is 65.5 cm³/mol. The molecule has 0 aromatic carbocycles. The third-order valence-corrected chi connectivity index (χ3v) is 4.96. The maximum Gasteiger partial charge on any atom is 0.367 e. The van der Waals surface area contributed by atoms with Crippen LogP contribution < -0.4 is 0 Å². The summed E-state index contributed by atoms with van der Waals surface area (Å²) in [5.74, 6) is 1.48. The third kappa shape index (κ3) is 3.85. The normalized spacial score (nSPS) is 35.0. The molecule has 4 atom stereocenters. The molecule has 4 heteroatoms. The van der Waals surface area contributed by atoms with E-state index in [1.54, 1.807) is 6.92 Å². The van der Waals surface area contributed by atoms with Crippen LogP contribution in [-0.4, -0.2) is 12.3 Å². The first kappa shape index (κ1) is 14.2. The molecule has 16 heavy (non-hydrogen) atoms. The maximum absolute atomic E-state index is 13.5. The zero-order valence-electron chi connectivity index (χ0n) is 10.8. The fourth-order valence-electron chi connectivity index (χ4n) is 2.51. The number of rotatable bonds is 4. The Hall–Kier alpha value is 0.120. The van der Waals surface area contributed by atoms with Gasteiger partial charge in [-0.05, 0) is 37.0 Å². The molecule has 2 nitrogen and oxygen atoms in total. The zero-order valence-corrected chi connectivity index (χ0v) is 11.7. The molecular formula is C12H24FO2P. The zero-order chi connectivity index (χ0) is 12.3. The molecule has 0 aromatic heterocycles. The summed E-state index contributed by atoms with van der Waals surface area (Å²) in [6.07, 6.45) is 2.80. The molecule has 0 radical (unpaired) electrons. The van der Waals surface area contributed by atoms with Gasteiger partial charge in [-0.2, -0.15) is 4.20 Å². The molecule has 1 saturated carbocycles. The summed E-state index contributed by atoms with van der Waals surface area (Å²) < 4.78 is 30.1. The van der Waals surface area contributed by atoms with Crippen LogP contribution in [0.25, 0.3) is 0 Å². The average molecular weight is 250 g/mol. The Morgan fingerprint density at radius 1 is 1.44 bits per heavy atom. The van der Waals surface area contributed by atoms with E-state index >= 15 is 0 Å². The highest BCUT2D eigenvalue weighted by Crippen LogP contribution is 2.52. The van der Waals surface area contributed by atoms with Gasteiger partial charge in [0.1, 0.15) is 0 Å². The van der Waals surface area contributed by atoms with Crippen LogP contribution in [0.15, 0.2) is 0 Å². The lowest BCUT2D eigenvalue weighted by molar-refractivity contribution is 0.0440. The van der Waals surface area contributed by atoms with Gasteiger partial charge in [0.25, 0.3) is 0 Å². The summed E-state index contributed by atoms with van der Waals surface area (Å²) in [6, 6.07) is 0. The molecule has 4 unspecified atom stereocenters. The first-order valence-electron chi connectivity index (χ1n) is 6.32. The second-order valence-electron chi connectivity index (χ2n) is 5.38. The molecular weight excluding hydrogens is 226 g/mol. The van der Waals surface area contributed by atoms with E-state index in [4.69, 9.17) is 4.52 Å². The topological polar surface area (TPSA) is 26.3 Å². The van der Waals surface area contributed by atoms with E-state index < -0.39 is 7.68 Å². The minimum absolute atomic E-state index is 0.0101. The smallest absolute Gasteiger partial charge is 0.302 e. The third-order valence-electron chi connectivity index (χ3n) is 3.62. The molecule has 0 aliphatic heterocycles. The average Bonchev–Trinajstić information content (AvgIpc) is 2.20. The summed E-state index contributed by atoms with van der Waals surface area (Å²) in [4.78, 5) is 0. The van der Waals surface area contributed by atoms with Crippen molar-refractivity contribution in [2.75, 3.05) is 6.16 Å². The lowest BCUT2D eigenvalue weighted by atomic mass is 9.75. The van der Waals surface area contributed by atoms with E-state index in [1.807, 2.05) is 0 Å². The fourth-order valence-corrected chi connectivity index (χ4v) is 3.32. The van der Waals surface area contributed by atoms with Crippen molar-refractivity contribution in [1.29, 1.82) is 0 Å². The highest BCUT2D eigenvalue weighted by atomic mass is 31.2. The molecule has 1 aliphatic rings. The Labute approximate surface area is 98.5 Å². The Morgan fingerprint density at radius 3 is 2.56 bits per heavy atom. The molecule has 1 rings (SSSR count). The van der Waals surface area contributed by atoms with Crippen molar-refractivity contribution in [3.05, 3.63) is 0 Å². The van der Waals surface area contributed by atoms with Crippen molar-refractivity contribution < 1.29 is 13.3 Å². The summed E-state index contributed by atoms with van der Waals surface area (Å²) >= 11 is 0. The standard InChI is InChI=1S/C12H24FO2P/c1-5-16(13,14)15-12-7-6-10(4)8-11(12)9(2)3/h9-12H,5-8H2,1-4H3. The Balaban J connectivity index is 2.66. The first-order valence-corrected chi connectivity index (χ1v) is 8.03. The molecule has 0 amide bonds. The van der Waals surface area contributed by atoms with Gasteiger partial charge in [-0.1, -0.05) is 27.7 Å². The van der Waals surface area contributed by atoms with Crippen LogP contribution in [0, 0.1) is 17.8 Å². The SMILES string of the molecule is CCP(=O)(F)OC1CCC(C)CC1C(C)C. The van der Waals surface area contributed by atoms with Crippen LogP contribution in [-0.2, 0) is 9.09 Å². The van der Waals surface area contributed by atoms with Crippen LogP contribution in [0.5, 0.6) is 0 Å². The molecule has 0 N–H and O–H groups in total. The maximum atomic E-state index is 13.5. The lowest BCUT2D eigenvalue weighted by Gasteiger charge is -2.37. The molecule has 0 heterocycles. The van der Waals surface area contributed by atoms with Crippen LogP contribution in [0.3, 0.4) is 0 Å². The van der Waals surface area contributed by atoms with Crippen LogP contribution in [0.2, 0.25) is 0 Å². The lowest BCUT2D eigenvalue weighted by Crippen LogP contribution is -2.33. The van der Waals surface area contributed by atoms with Crippen molar-refractivity contribution in [3.63, 3.8) is 0 Å². The van der Waals surface area contributed by atoms with Gasteiger partial charge in [0.15, 0.2) is 0 Å². The van der Waals surface area contributed by atoms with E-state index in [-0.39, 0.29) is 12.3 Å². The minimum Gasteiger partial charge on any atom is -0.302 e. The van der Waals surface area contributed by atoms with Gasteiger partial charge in [-0.3, -0.25) is 4.57 Å². The molecule has 1 aliphatic carbocycles. The molecule has 1 fully saturated rings. The number of hydrogen-bond acceptors (Lipinski definition) is 2. The van der Waals surface area contributed by atoms with Gasteiger partial charge in [0, 0.05) is 0 Å². The Bertz CT molecular complexity index is 268. The van der Waals surface area contributed by atoms with E-state index in [0.29, 0.717) is 17.8 Å². The highest BCUT2D eigenvalue weighted by molar-refractivity contribution is 7.53. The molecule has 0 spiro atoms. The Kier molecular flexibility index (Phi) is 5.00. The van der Waals surface area contributed by atoms with Gasteiger partial charge >= 0.3 is 7.68 Å². The van der Waals surface area contributed by atoms with Gasteiger partial charge in [-0.25, -0.2) is 0 Å². The fraction of sp³-hybridized carbons (Fsp3) is 1.00. The monoisotopic (exact) mass is 250 g/mol. The quantitative estimate of drug-likeness (QED) is 0.679. The van der Waals surface area contributed by atoms with Gasteiger partial charge in [-0.15, -0.1) is 0 Å². The molecule has 0 bridgehead atoms. The second kappa shape index (κ2) is 5.64. The molecule has 0 aromatic rings. The largest absolute Gasteiger partial charge is 0.367 e. The number of halogens is 1. The van der Waals surface area contributed by atoms with Crippen molar-refractivity contribution in [3.8, 4) is 0 Å². The highest BCUT2D eigenvalue weighted by Gasteiger charge is 2.36. The second-order valence-corrected chi connectivity index (χ2v) is 7.40. The van der Waals surface area contributed by atoms with Crippen LogP contribution >= 0.6 is 7.68 Å². The van der Waals surface area contributed by atoms with E-state index in [9.17, 15) is 8.76 Å². The van der Waals surface area contributed by atoms with E-state index in [0.717, 1.165) is 19.3 Å². The van der Waals surface area contributed by atoms with Crippen LogP contribution in [0.1, 0.15) is 47.0 Å². The van der Waals surface area contributed by atoms with Gasteiger partial charge in [0.2, 0.25) is 0 Å². The van der Waals surface area contributed by atoms with Crippen LogP contribution in [0.4, 0.5) is 4.20 Å². The van der Waals surface area contributed by atoms with E-state index in [1.165, 1.54) is 0 Å². The van der Waals surface area contributed by atoms with Crippen molar-refractivity contribution in [2.24, 2.45) is 17.8 Å². The first-order chi connectivity index (χ1) is 7.35. The molecule has 96 valence electrons. The Morgan fingerprint density at radius 2 is 2.06 bits per heavy atom. The summed E-state index contributed by atoms with van der Waals surface area (Å²) in [7, 11) is -3.84.